The Labute approximate surface area is 115 Å². The monoisotopic (exact) mass is 283 g/mol. The Morgan fingerprint density at radius 2 is 2.00 bits per heavy atom. The van der Waals surface area contributed by atoms with Gasteiger partial charge in [0.15, 0.2) is 0 Å². The summed E-state index contributed by atoms with van der Waals surface area (Å²) in [5.41, 5.74) is 6.72. The van der Waals surface area contributed by atoms with Crippen molar-refractivity contribution >= 4 is 35.3 Å². The van der Waals surface area contributed by atoms with Crippen molar-refractivity contribution < 1.29 is 19.1 Å². The Balaban J connectivity index is 3.01. The van der Waals surface area contributed by atoms with Gasteiger partial charge in [-0.05, 0) is 17.7 Å². The molecule has 2 N–H and O–H groups in total. The van der Waals surface area contributed by atoms with E-state index in [2.05, 4.69) is 9.47 Å². The number of benzene rings is 1. The number of halogens is 1. The highest BCUT2D eigenvalue weighted by atomic mass is 35.5. The summed E-state index contributed by atoms with van der Waals surface area (Å²) in [5.74, 6) is -0.909. The number of hydrogen-bond acceptors (Lipinski definition) is 5. The van der Waals surface area contributed by atoms with E-state index < -0.39 is 5.97 Å². The van der Waals surface area contributed by atoms with Crippen molar-refractivity contribution in [1.82, 2.24) is 0 Å². The third kappa shape index (κ3) is 3.99. The van der Waals surface area contributed by atoms with Gasteiger partial charge >= 0.3 is 11.9 Å². The van der Waals surface area contributed by atoms with E-state index in [0.29, 0.717) is 10.6 Å². The third-order valence-corrected chi connectivity index (χ3v) is 2.71. The Hall–Kier alpha value is -2.01. The highest BCUT2D eigenvalue weighted by Crippen LogP contribution is 2.25. The third-order valence-electron chi connectivity index (χ3n) is 2.38. The van der Waals surface area contributed by atoms with Gasteiger partial charge in [0, 0.05) is 10.7 Å². The van der Waals surface area contributed by atoms with Crippen LogP contribution in [0, 0.1) is 0 Å². The van der Waals surface area contributed by atoms with Crippen molar-refractivity contribution in [3.8, 4) is 0 Å². The van der Waals surface area contributed by atoms with E-state index in [1.807, 2.05) is 0 Å². The number of esters is 2. The molecule has 19 heavy (non-hydrogen) atoms. The summed E-state index contributed by atoms with van der Waals surface area (Å²) in [6.07, 6.45) is 3.32. The van der Waals surface area contributed by atoms with E-state index in [4.69, 9.17) is 17.3 Å². The molecule has 0 saturated carbocycles. The first kappa shape index (κ1) is 15.0. The Morgan fingerprint density at radius 1 is 1.32 bits per heavy atom. The molecule has 0 aromatic heterocycles. The highest BCUT2D eigenvalue weighted by Gasteiger charge is 2.12. The molecule has 0 saturated heterocycles. The van der Waals surface area contributed by atoms with Crippen molar-refractivity contribution in [2.24, 2.45) is 0 Å². The SMILES string of the molecule is COC(=O)CC=Cc1cc(C(=O)OC)c(N)cc1Cl. The molecule has 1 rings (SSSR count). The van der Waals surface area contributed by atoms with Crippen molar-refractivity contribution in [3.05, 3.63) is 34.4 Å². The van der Waals surface area contributed by atoms with Gasteiger partial charge in [0.25, 0.3) is 0 Å². The number of anilines is 1. The van der Waals surface area contributed by atoms with Gasteiger partial charge in [0.1, 0.15) is 0 Å². The van der Waals surface area contributed by atoms with Crippen molar-refractivity contribution in [2.75, 3.05) is 20.0 Å². The predicted octanol–water partition coefficient (Wildman–Crippen LogP) is 2.29. The first-order chi connectivity index (χ1) is 8.99. The largest absolute Gasteiger partial charge is 0.469 e. The van der Waals surface area contributed by atoms with E-state index in [1.165, 1.54) is 26.4 Å². The number of nitrogen functional groups attached to an aromatic ring is 1. The van der Waals surface area contributed by atoms with E-state index in [-0.39, 0.29) is 23.6 Å². The maximum absolute atomic E-state index is 11.5. The van der Waals surface area contributed by atoms with Crippen LogP contribution < -0.4 is 5.73 Å². The van der Waals surface area contributed by atoms with Crippen LogP contribution in [-0.4, -0.2) is 26.2 Å². The molecule has 0 aliphatic heterocycles. The molecule has 0 spiro atoms. The molecule has 0 amide bonds. The van der Waals surface area contributed by atoms with E-state index in [0.717, 1.165) is 0 Å². The zero-order valence-electron chi connectivity index (χ0n) is 10.6. The molecule has 0 aliphatic carbocycles. The molecule has 5 nitrogen and oxygen atoms in total. The fourth-order valence-corrected chi connectivity index (χ4v) is 1.62. The molecule has 102 valence electrons. The zero-order chi connectivity index (χ0) is 14.4. The molecular formula is C13H14ClNO4. The van der Waals surface area contributed by atoms with Crippen LogP contribution in [0.15, 0.2) is 18.2 Å². The van der Waals surface area contributed by atoms with Crippen LogP contribution in [0.1, 0.15) is 22.3 Å². The lowest BCUT2D eigenvalue weighted by atomic mass is 10.1. The lowest BCUT2D eigenvalue weighted by Gasteiger charge is -2.07. The lowest BCUT2D eigenvalue weighted by molar-refractivity contribution is -0.139. The first-order valence-electron chi connectivity index (χ1n) is 5.40. The van der Waals surface area contributed by atoms with Crippen LogP contribution in [0.5, 0.6) is 0 Å². The number of carbonyl (C=O) groups is 2. The summed E-state index contributed by atoms with van der Waals surface area (Å²) in [4.78, 5) is 22.4. The second-order valence-corrected chi connectivity index (χ2v) is 4.04. The summed E-state index contributed by atoms with van der Waals surface area (Å²) in [6.45, 7) is 0. The number of rotatable bonds is 4. The van der Waals surface area contributed by atoms with Gasteiger partial charge in [0.05, 0.1) is 26.2 Å². The maximum Gasteiger partial charge on any atom is 0.339 e. The van der Waals surface area contributed by atoms with Crippen LogP contribution in [-0.2, 0) is 14.3 Å². The molecule has 6 heteroatoms. The van der Waals surface area contributed by atoms with Gasteiger partial charge < -0.3 is 15.2 Å². The Morgan fingerprint density at radius 3 is 2.58 bits per heavy atom. The van der Waals surface area contributed by atoms with Gasteiger partial charge in [-0.3, -0.25) is 4.79 Å². The second kappa shape index (κ2) is 6.80. The minimum Gasteiger partial charge on any atom is -0.469 e. The molecule has 0 bridgehead atoms. The van der Waals surface area contributed by atoms with Crippen LogP contribution in [0.4, 0.5) is 5.69 Å². The Bertz CT molecular complexity index is 526. The average Bonchev–Trinajstić information content (AvgIpc) is 2.40. The molecule has 0 aliphatic rings. The van der Waals surface area contributed by atoms with Gasteiger partial charge in [-0.15, -0.1) is 0 Å². The molecule has 1 aromatic carbocycles. The highest BCUT2D eigenvalue weighted by molar-refractivity contribution is 6.32. The van der Waals surface area contributed by atoms with Crippen molar-refractivity contribution in [1.29, 1.82) is 0 Å². The molecule has 0 atom stereocenters. The normalized spacial score (nSPS) is 10.5. The average molecular weight is 284 g/mol. The summed E-state index contributed by atoms with van der Waals surface area (Å²) in [7, 11) is 2.57. The topological polar surface area (TPSA) is 78.6 Å². The quantitative estimate of drug-likeness (QED) is 0.677. The minimum absolute atomic E-state index is 0.116. The van der Waals surface area contributed by atoms with E-state index >= 15 is 0 Å². The number of nitrogens with two attached hydrogens (primary N) is 1. The van der Waals surface area contributed by atoms with E-state index in [9.17, 15) is 9.59 Å². The van der Waals surface area contributed by atoms with Crippen LogP contribution >= 0.6 is 11.6 Å². The Kier molecular flexibility index (Phi) is 5.38. The standard InChI is InChI=1S/C13H14ClNO4/c1-18-12(16)5-3-4-8-6-9(13(17)19-2)11(15)7-10(8)14/h3-4,6-7H,5,15H2,1-2H3. The van der Waals surface area contributed by atoms with Gasteiger partial charge in [-0.1, -0.05) is 23.8 Å². The van der Waals surface area contributed by atoms with Crippen LogP contribution in [0.2, 0.25) is 5.02 Å². The molecule has 1 aromatic rings. The number of hydrogen-bond donors (Lipinski definition) is 1. The second-order valence-electron chi connectivity index (χ2n) is 3.64. The van der Waals surface area contributed by atoms with Gasteiger partial charge in [0.2, 0.25) is 0 Å². The maximum atomic E-state index is 11.5. The lowest BCUT2D eigenvalue weighted by Crippen LogP contribution is -2.06. The van der Waals surface area contributed by atoms with Crippen LogP contribution in [0.25, 0.3) is 6.08 Å². The predicted molar refractivity (Wildman–Crippen MR) is 72.9 cm³/mol. The number of methoxy groups -OCH3 is 2. The molecule has 0 radical (unpaired) electrons. The van der Waals surface area contributed by atoms with Crippen molar-refractivity contribution in [2.45, 2.75) is 6.42 Å². The zero-order valence-corrected chi connectivity index (χ0v) is 11.4. The molecule has 0 fully saturated rings. The molecule has 0 unspecified atom stereocenters. The van der Waals surface area contributed by atoms with Gasteiger partial charge in [-0.2, -0.15) is 0 Å². The molecular weight excluding hydrogens is 270 g/mol. The summed E-state index contributed by atoms with van der Waals surface area (Å²) >= 11 is 6.00. The van der Waals surface area contributed by atoms with E-state index in [1.54, 1.807) is 12.2 Å². The fourth-order valence-electron chi connectivity index (χ4n) is 1.39. The summed E-state index contributed by atoms with van der Waals surface area (Å²) in [6, 6.07) is 2.98. The van der Waals surface area contributed by atoms with Gasteiger partial charge in [-0.25, -0.2) is 4.79 Å². The minimum atomic E-state index is -0.545. The summed E-state index contributed by atoms with van der Waals surface area (Å²) < 4.78 is 9.11. The number of ether oxygens (including phenoxy) is 2. The first-order valence-corrected chi connectivity index (χ1v) is 5.78. The fraction of sp³-hybridized carbons (Fsp3) is 0.231. The summed E-state index contributed by atoms with van der Waals surface area (Å²) in [5, 5.41) is 0.381. The molecule has 0 heterocycles. The van der Waals surface area contributed by atoms with Crippen molar-refractivity contribution in [3.63, 3.8) is 0 Å². The smallest absolute Gasteiger partial charge is 0.339 e. The number of carbonyl (C=O) groups excluding carboxylic acids is 2. The van der Waals surface area contributed by atoms with Crippen LogP contribution in [0.3, 0.4) is 0 Å².